The minimum Gasteiger partial charge on any atom is -0.493 e. The largest absolute Gasteiger partial charge is 0.493 e. The average Bonchev–Trinajstić information content (AvgIpc) is 3.02. The number of hydrogen-bond donors (Lipinski definition) is 2. The first kappa shape index (κ1) is 17.9. The lowest BCUT2D eigenvalue weighted by molar-refractivity contribution is -0.127. The van der Waals surface area contributed by atoms with Gasteiger partial charge in [0, 0.05) is 13.6 Å². The molecule has 1 aromatic heterocycles. The maximum Gasteiger partial charge on any atom is 0.232 e. The maximum atomic E-state index is 12.1. The van der Waals surface area contributed by atoms with Gasteiger partial charge in [0.1, 0.15) is 0 Å². The molecule has 3 N–H and O–H groups in total. The molecule has 0 saturated heterocycles. The molecule has 1 heterocycles. The number of thioether (sulfide) groups is 1. The van der Waals surface area contributed by atoms with Crippen molar-refractivity contribution >= 4 is 23.6 Å². The third kappa shape index (κ3) is 4.79. The molecule has 1 amide bonds. The zero-order chi connectivity index (χ0) is 17.5. The van der Waals surface area contributed by atoms with E-state index in [0.29, 0.717) is 23.2 Å². The Morgan fingerprint density at radius 2 is 2.08 bits per heavy atom. The van der Waals surface area contributed by atoms with Gasteiger partial charge in [-0.3, -0.25) is 4.79 Å². The quantitative estimate of drug-likeness (QED) is 0.688. The van der Waals surface area contributed by atoms with Crippen LogP contribution >= 0.6 is 11.8 Å². The van der Waals surface area contributed by atoms with Crippen molar-refractivity contribution in [3.8, 4) is 11.5 Å². The van der Waals surface area contributed by atoms with Gasteiger partial charge in [-0.1, -0.05) is 17.8 Å². The Kier molecular flexibility index (Phi) is 6.30. The van der Waals surface area contributed by atoms with Gasteiger partial charge in [-0.05, 0) is 24.1 Å². The molecule has 2 aromatic rings. The molecule has 1 aromatic carbocycles. The number of nitrogens with two attached hydrogens (primary N) is 1. The molecule has 0 atom stereocenters. The Hall–Kier alpha value is -2.42. The first-order valence-electron chi connectivity index (χ1n) is 7.29. The molecule has 9 heteroatoms. The van der Waals surface area contributed by atoms with Gasteiger partial charge >= 0.3 is 0 Å². The second-order valence-electron chi connectivity index (χ2n) is 5.05. The Labute approximate surface area is 144 Å². The number of anilines is 1. The summed E-state index contributed by atoms with van der Waals surface area (Å²) in [7, 11) is 4.98. The van der Waals surface area contributed by atoms with Crippen LogP contribution in [0.5, 0.6) is 11.5 Å². The van der Waals surface area contributed by atoms with E-state index in [9.17, 15) is 4.79 Å². The third-order valence-electron chi connectivity index (χ3n) is 3.42. The number of carbonyl (C=O) groups is 1. The molecule has 0 radical (unpaired) electrons. The van der Waals surface area contributed by atoms with E-state index in [1.807, 2.05) is 18.2 Å². The van der Waals surface area contributed by atoms with Crippen LogP contribution < -0.4 is 15.2 Å². The van der Waals surface area contributed by atoms with Crippen molar-refractivity contribution in [3.63, 3.8) is 0 Å². The summed E-state index contributed by atoms with van der Waals surface area (Å²) in [5.41, 5.74) is 6.52. The number of nitrogen functional groups attached to an aromatic ring is 1. The number of aromatic amines is 1. The van der Waals surface area contributed by atoms with E-state index in [2.05, 4.69) is 15.2 Å². The molecule has 0 bridgehead atoms. The summed E-state index contributed by atoms with van der Waals surface area (Å²) in [4.78, 5) is 17.8. The molecule has 0 unspecified atom stereocenters. The van der Waals surface area contributed by atoms with E-state index < -0.39 is 0 Å². The van der Waals surface area contributed by atoms with Crippen LogP contribution in [-0.4, -0.2) is 59.6 Å². The van der Waals surface area contributed by atoms with Crippen molar-refractivity contribution in [1.29, 1.82) is 0 Å². The number of methoxy groups -OCH3 is 2. The predicted molar refractivity (Wildman–Crippen MR) is 92.4 cm³/mol. The zero-order valence-corrected chi connectivity index (χ0v) is 14.7. The lowest BCUT2D eigenvalue weighted by atomic mass is 10.1. The number of rotatable bonds is 8. The highest BCUT2D eigenvalue weighted by Gasteiger charge is 2.12. The smallest absolute Gasteiger partial charge is 0.232 e. The van der Waals surface area contributed by atoms with Crippen LogP contribution in [-0.2, 0) is 11.2 Å². The van der Waals surface area contributed by atoms with Crippen LogP contribution in [0.3, 0.4) is 0 Å². The fraction of sp³-hybridized carbons (Fsp3) is 0.400. The molecule has 0 aliphatic carbocycles. The van der Waals surface area contributed by atoms with Crippen LogP contribution in [0.1, 0.15) is 5.56 Å². The van der Waals surface area contributed by atoms with Gasteiger partial charge in [0.15, 0.2) is 11.5 Å². The Bertz CT molecular complexity index is 691. The van der Waals surface area contributed by atoms with Gasteiger partial charge in [-0.15, -0.1) is 5.10 Å². The number of nitrogens with one attached hydrogen (secondary N) is 1. The Balaban J connectivity index is 1.83. The second kappa shape index (κ2) is 8.44. The standard InChI is InChI=1S/C15H21N5O3S/c1-20(13(21)9-24-15-17-14(16)18-19-15)7-6-10-4-5-11(22-2)12(8-10)23-3/h4-5,8H,6-7,9H2,1-3H3,(H3,16,17,18,19). The summed E-state index contributed by atoms with van der Waals surface area (Å²) in [6, 6.07) is 5.74. The maximum absolute atomic E-state index is 12.1. The topological polar surface area (TPSA) is 106 Å². The number of benzene rings is 1. The minimum atomic E-state index is 0.00356. The summed E-state index contributed by atoms with van der Waals surface area (Å²) in [6.45, 7) is 0.602. The van der Waals surface area contributed by atoms with Crippen molar-refractivity contribution in [3.05, 3.63) is 23.8 Å². The molecule has 0 saturated carbocycles. The van der Waals surface area contributed by atoms with Gasteiger partial charge in [0.2, 0.25) is 17.0 Å². The normalized spacial score (nSPS) is 10.5. The third-order valence-corrected chi connectivity index (χ3v) is 4.25. The molecule has 8 nitrogen and oxygen atoms in total. The number of aromatic nitrogens is 3. The lowest BCUT2D eigenvalue weighted by Gasteiger charge is -2.17. The molecule has 0 spiro atoms. The summed E-state index contributed by atoms with van der Waals surface area (Å²) in [5.74, 6) is 1.88. The summed E-state index contributed by atoms with van der Waals surface area (Å²) >= 11 is 1.25. The molecule has 0 aliphatic heterocycles. The van der Waals surface area contributed by atoms with Crippen molar-refractivity contribution < 1.29 is 14.3 Å². The molecule has 2 rings (SSSR count). The highest BCUT2D eigenvalue weighted by Crippen LogP contribution is 2.27. The van der Waals surface area contributed by atoms with Crippen molar-refractivity contribution in [2.75, 3.05) is 39.3 Å². The molecular weight excluding hydrogens is 330 g/mol. The van der Waals surface area contributed by atoms with E-state index in [1.165, 1.54) is 11.8 Å². The van der Waals surface area contributed by atoms with E-state index in [4.69, 9.17) is 15.2 Å². The molecule has 0 fully saturated rings. The summed E-state index contributed by atoms with van der Waals surface area (Å²) < 4.78 is 10.5. The second-order valence-corrected chi connectivity index (χ2v) is 5.99. The number of likely N-dealkylation sites (N-methyl/N-ethyl adjacent to an activating group) is 1. The number of carbonyl (C=O) groups excluding carboxylic acids is 1. The van der Waals surface area contributed by atoms with Crippen molar-refractivity contribution in [1.82, 2.24) is 20.1 Å². The number of hydrogen-bond acceptors (Lipinski definition) is 7. The fourth-order valence-electron chi connectivity index (χ4n) is 2.02. The predicted octanol–water partition coefficient (Wildman–Crippen LogP) is 1.20. The van der Waals surface area contributed by atoms with E-state index in [1.54, 1.807) is 26.2 Å². The monoisotopic (exact) mass is 351 g/mol. The van der Waals surface area contributed by atoms with Crippen molar-refractivity contribution in [2.24, 2.45) is 0 Å². The lowest BCUT2D eigenvalue weighted by Crippen LogP contribution is -2.30. The average molecular weight is 351 g/mol. The first-order chi connectivity index (χ1) is 11.5. The van der Waals surface area contributed by atoms with Gasteiger partial charge in [-0.2, -0.15) is 4.98 Å². The summed E-state index contributed by atoms with van der Waals surface area (Å²) in [5, 5.41) is 6.89. The van der Waals surface area contributed by atoms with Crippen LogP contribution in [0, 0.1) is 0 Å². The van der Waals surface area contributed by atoms with E-state index >= 15 is 0 Å². The van der Waals surface area contributed by atoms with E-state index in [-0.39, 0.29) is 17.6 Å². The number of amides is 1. The first-order valence-corrected chi connectivity index (χ1v) is 8.27. The van der Waals surface area contributed by atoms with Crippen LogP contribution in [0.2, 0.25) is 0 Å². The molecular formula is C15H21N5O3S. The Morgan fingerprint density at radius 1 is 1.33 bits per heavy atom. The molecule has 130 valence electrons. The zero-order valence-electron chi connectivity index (χ0n) is 13.9. The van der Waals surface area contributed by atoms with Crippen LogP contribution in [0.4, 0.5) is 5.95 Å². The van der Waals surface area contributed by atoms with Gasteiger partial charge in [-0.25, -0.2) is 5.10 Å². The van der Waals surface area contributed by atoms with Crippen molar-refractivity contribution in [2.45, 2.75) is 11.6 Å². The number of nitrogens with zero attached hydrogens (tertiary/aromatic N) is 3. The number of H-pyrrole nitrogens is 1. The van der Waals surface area contributed by atoms with Gasteiger partial charge in [0.05, 0.1) is 20.0 Å². The number of ether oxygens (including phenoxy) is 2. The summed E-state index contributed by atoms with van der Waals surface area (Å²) in [6.07, 6.45) is 0.723. The van der Waals surface area contributed by atoms with Crippen LogP contribution in [0.25, 0.3) is 0 Å². The van der Waals surface area contributed by atoms with Gasteiger partial charge < -0.3 is 20.1 Å². The molecule has 0 aliphatic rings. The van der Waals surface area contributed by atoms with Gasteiger partial charge in [0.25, 0.3) is 0 Å². The van der Waals surface area contributed by atoms with Crippen LogP contribution in [0.15, 0.2) is 23.4 Å². The SMILES string of the molecule is COc1ccc(CCN(C)C(=O)CSc2n[nH]c(N)n2)cc1OC. The Morgan fingerprint density at radius 3 is 2.71 bits per heavy atom. The van der Waals surface area contributed by atoms with E-state index in [0.717, 1.165) is 12.0 Å². The molecule has 24 heavy (non-hydrogen) atoms. The minimum absolute atomic E-state index is 0.00356. The highest BCUT2D eigenvalue weighted by molar-refractivity contribution is 7.99. The fourth-order valence-corrected chi connectivity index (χ4v) is 2.76. The highest BCUT2D eigenvalue weighted by atomic mass is 32.2.